The average Bonchev–Trinajstić information content (AvgIpc) is 3.15. The number of likely N-dealkylation sites (tertiary alicyclic amines) is 1. The van der Waals surface area contributed by atoms with E-state index in [0.717, 1.165) is 58.7 Å². The summed E-state index contributed by atoms with van der Waals surface area (Å²) in [4.78, 5) is 31.0. The van der Waals surface area contributed by atoms with E-state index < -0.39 is 0 Å². The number of carbonyl (C=O) groups excluding carboxylic acids is 2. The van der Waals surface area contributed by atoms with Crippen molar-refractivity contribution in [2.45, 2.75) is 19.8 Å². The standard InChI is InChI=1S/C18H25N3O2/c1-2-19-11-13-21(14-12-19)18(23)16-7-5-15(6-8-16)17(22)20-9-3-4-10-20/h5-8H,2-4,9-14H2,1H3. The maximum Gasteiger partial charge on any atom is 0.253 e. The summed E-state index contributed by atoms with van der Waals surface area (Å²) < 4.78 is 0. The molecular formula is C18H25N3O2. The van der Waals surface area contributed by atoms with Crippen molar-refractivity contribution >= 4 is 11.8 Å². The molecule has 0 aromatic heterocycles. The van der Waals surface area contributed by atoms with Crippen molar-refractivity contribution < 1.29 is 9.59 Å². The van der Waals surface area contributed by atoms with Gasteiger partial charge in [-0.15, -0.1) is 0 Å². The Hall–Kier alpha value is -1.88. The highest BCUT2D eigenvalue weighted by Crippen LogP contribution is 2.15. The third-order valence-corrected chi connectivity index (χ3v) is 4.88. The number of likely N-dealkylation sites (N-methyl/N-ethyl adjacent to an activating group) is 1. The smallest absolute Gasteiger partial charge is 0.253 e. The lowest BCUT2D eigenvalue weighted by Crippen LogP contribution is -2.48. The van der Waals surface area contributed by atoms with Crippen molar-refractivity contribution in [3.05, 3.63) is 35.4 Å². The zero-order chi connectivity index (χ0) is 16.2. The molecule has 2 aliphatic rings. The quantitative estimate of drug-likeness (QED) is 0.853. The Morgan fingerprint density at radius 1 is 0.783 bits per heavy atom. The molecule has 2 heterocycles. The largest absolute Gasteiger partial charge is 0.339 e. The van der Waals surface area contributed by atoms with Gasteiger partial charge in [0.2, 0.25) is 0 Å². The molecule has 1 aromatic carbocycles. The second kappa shape index (κ2) is 7.13. The SMILES string of the molecule is CCN1CCN(C(=O)c2ccc(C(=O)N3CCCC3)cc2)CC1. The first-order chi connectivity index (χ1) is 11.2. The number of hydrogen-bond donors (Lipinski definition) is 0. The third-order valence-electron chi connectivity index (χ3n) is 4.88. The molecule has 2 aliphatic heterocycles. The van der Waals surface area contributed by atoms with E-state index in [0.29, 0.717) is 11.1 Å². The molecule has 0 saturated carbocycles. The Labute approximate surface area is 137 Å². The van der Waals surface area contributed by atoms with Gasteiger partial charge >= 0.3 is 0 Å². The number of hydrogen-bond acceptors (Lipinski definition) is 3. The van der Waals surface area contributed by atoms with Gasteiger partial charge in [0.05, 0.1) is 0 Å². The van der Waals surface area contributed by atoms with Gasteiger partial charge in [-0.25, -0.2) is 0 Å². The van der Waals surface area contributed by atoms with Crippen molar-refractivity contribution in [1.82, 2.24) is 14.7 Å². The fourth-order valence-electron chi connectivity index (χ4n) is 3.31. The molecule has 5 heteroatoms. The van der Waals surface area contributed by atoms with Crippen LogP contribution in [0.15, 0.2) is 24.3 Å². The topological polar surface area (TPSA) is 43.9 Å². The number of nitrogens with zero attached hydrogens (tertiary/aromatic N) is 3. The summed E-state index contributed by atoms with van der Waals surface area (Å²) in [6.07, 6.45) is 2.18. The Morgan fingerprint density at radius 3 is 1.65 bits per heavy atom. The number of rotatable bonds is 3. The summed E-state index contributed by atoms with van der Waals surface area (Å²) in [7, 11) is 0. The van der Waals surface area contributed by atoms with Gasteiger partial charge in [0.25, 0.3) is 11.8 Å². The van der Waals surface area contributed by atoms with Gasteiger partial charge in [0, 0.05) is 50.4 Å². The molecular weight excluding hydrogens is 290 g/mol. The summed E-state index contributed by atoms with van der Waals surface area (Å²) >= 11 is 0. The molecule has 124 valence electrons. The van der Waals surface area contributed by atoms with E-state index in [1.165, 1.54) is 0 Å². The van der Waals surface area contributed by atoms with Crippen LogP contribution < -0.4 is 0 Å². The van der Waals surface area contributed by atoms with Crippen molar-refractivity contribution in [2.24, 2.45) is 0 Å². The van der Waals surface area contributed by atoms with E-state index in [2.05, 4.69) is 11.8 Å². The number of carbonyl (C=O) groups is 2. The molecule has 0 radical (unpaired) electrons. The predicted molar refractivity (Wildman–Crippen MR) is 89.6 cm³/mol. The van der Waals surface area contributed by atoms with Gasteiger partial charge in [-0.2, -0.15) is 0 Å². The maximum atomic E-state index is 12.5. The summed E-state index contributed by atoms with van der Waals surface area (Å²) in [5.41, 5.74) is 1.35. The molecule has 3 rings (SSSR count). The zero-order valence-electron chi connectivity index (χ0n) is 13.8. The highest BCUT2D eigenvalue weighted by molar-refractivity contribution is 5.98. The van der Waals surface area contributed by atoms with Crippen molar-refractivity contribution in [3.63, 3.8) is 0 Å². The van der Waals surface area contributed by atoms with E-state index in [1.807, 2.05) is 9.80 Å². The van der Waals surface area contributed by atoms with Gasteiger partial charge in [0.1, 0.15) is 0 Å². The molecule has 0 N–H and O–H groups in total. The summed E-state index contributed by atoms with van der Waals surface area (Å²) in [5, 5.41) is 0. The van der Waals surface area contributed by atoms with E-state index in [-0.39, 0.29) is 11.8 Å². The summed E-state index contributed by atoms with van der Waals surface area (Å²) in [6.45, 7) is 8.31. The molecule has 2 fully saturated rings. The Balaban J connectivity index is 1.62. The van der Waals surface area contributed by atoms with Crippen LogP contribution in [0.3, 0.4) is 0 Å². The molecule has 0 bridgehead atoms. The highest BCUT2D eigenvalue weighted by atomic mass is 16.2. The van der Waals surface area contributed by atoms with Crippen LogP contribution in [0.25, 0.3) is 0 Å². The van der Waals surface area contributed by atoms with Gasteiger partial charge in [-0.3, -0.25) is 9.59 Å². The van der Waals surface area contributed by atoms with E-state index >= 15 is 0 Å². The molecule has 0 spiro atoms. The van der Waals surface area contributed by atoms with Crippen molar-refractivity contribution in [1.29, 1.82) is 0 Å². The zero-order valence-corrected chi connectivity index (χ0v) is 13.8. The molecule has 2 amide bonds. The molecule has 0 aliphatic carbocycles. The van der Waals surface area contributed by atoms with Crippen molar-refractivity contribution in [3.8, 4) is 0 Å². The van der Waals surface area contributed by atoms with Crippen LogP contribution in [-0.4, -0.2) is 72.3 Å². The van der Waals surface area contributed by atoms with Crippen LogP contribution >= 0.6 is 0 Å². The van der Waals surface area contributed by atoms with E-state index in [9.17, 15) is 9.59 Å². The van der Waals surface area contributed by atoms with E-state index in [1.54, 1.807) is 24.3 Å². The molecule has 1 aromatic rings. The van der Waals surface area contributed by atoms with Crippen LogP contribution in [0.4, 0.5) is 0 Å². The molecule has 23 heavy (non-hydrogen) atoms. The van der Waals surface area contributed by atoms with Gasteiger partial charge < -0.3 is 14.7 Å². The normalized spacial score (nSPS) is 19.2. The minimum absolute atomic E-state index is 0.0703. The Bertz CT molecular complexity index is 556. The molecule has 0 atom stereocenters. The average molecular weight is 315 g/mol. The van der Waals surface area contributed by atoms with Crippen LogP contribution in [0.1, 0.15) is 40.5 Å². The number of benzene rings is 1. The second-order valence-corrected chi connectivity index (χ2v) is 6.30. The first-order valence-electron chi connectivity index (χ1n) is 8.60. The molecule has 2 saturated heterocycles. The van der Waals surface area contributed by atoms with Crippen LogP contribution in [0.2, 0.25) is 0 Å². The molecule has 5 nitrogen and oxygen atoms in total. The fraction of sp³-hybridized carbons (Fsp3) is 0.556. The lowest BCUT2D eigenvalue weighted by Gasteiger charge is -2.34. The number of piperazine rings is 1. The predicted octanol–water partition coefficient (Wildman–Crippen LogP) is 1.70. The van der Waals surface area contributed by atoms with Gasteiger partial charge in [0.15, 0.2) is 0 Å². The van der Waals surface area contributed by atoms with Crippen LogP contribution in [0.5, 0.6) is 0 Å². The van der Waals surface area contributed by atoms with Crippen LogP contribution in [-0.2, 0) is 0 Å². The first-order valence-corrected chi connectivity index (χ1v) is 8.60. The summed E-state index contributed by atoms with van der Waals surface area (Å²) in [6, 6.07) is 7.15. The molecule has 0 unspecified atom stereocenters. The van der Waals surface area contributed by atoms with E-state index in [4.69, 9.17) is 0 Å². The maximum absolute atomic E-state index is 12.5. The van der Waals surface area contributed by atoms with Gasteiger partial charge in [-0.1, -0.05) is 6.92 Å². The van der Waals surface area contributed by atoms with Crippen LogP contribution in [0, 0.1) is 0 Å². The van der Waals surface area contributed by atoms with Gasteiger partial charge in [-0.05, 0) is 43.7 Å². The third kappa shape index (κ3) is 3.55. The minimum atomic E-state index is 0.0703. The minimum Gasteiger partial charge on any atom is -0.339 e. The lowest BCUT2D eigenvalue weighted by atomic mass is 10.1. The Kier molecular flexibility index (Phi) is 4.96. The van der Waals surface area contributed by atoms with Crippen molar-refractivity contribution in [2.75, 3.05) is 45.8 Å². The Morgan fingerprint density at radius 2 is 1.22 bits per heavy atom. The highest BCUT2D eigenvalue weighted by Gasteiger charge is 2.22. The fourth-order valence-corrected chi connectivity index (χ4v) is 3.31. The first kappa shape index (κ1) is 16.0. The lowest BCUT2D eigenvalue weighted by molar-refractivity contribution is 0.0642. The second-order valence-electron chi connectivity index (χ2n) is 6.30. The summed E-state index contributed by atoms with van der Waals surface area (Å²) in [5.74, 6) is 0.152. The number of amides is 2. The monoisotopic (exact) mass is 315 g/mol.